The molecule has 0 fully saturated rings. The number of rotatable bonds is 4. The normalized spacial score (nSPS) is 13.1. The summed E-state index contributed by atoms with van der Waals surface area (Å²) in [6.07, 6.45) is 1.80. The highest BCUT2D eigenvalue weighted by Gasteiger charge is 2.18. The first-order valence-electron chi connectivity index (χ1n) is 7.94. The Bertz CT molecular complexity index is 928. The molecule has 0 aliphatic heterocycles. The molecular formula is C19H20N2O3S. The number of H-pyrrole nitrogens is 1. The smallest absolute Gasteiger partial charge is 0.354 e. The van der Waals surface area contributed by atoms with Gasteiger partial charge in [-0.05, 0) is 52.5 Å². The Morgan fingerprint density at radius 1 is 1.24 bits per heavy atom. The van der Waals surface area contributed by atoms with Crippen LogP contribution in [0.4, 0.5) is 0 Å². The third-order valence-corrected chi connectivity index (χ3v) is 5.30. The molecule has 130 valence electrons. The molecule has 1 unspecified atom stereocenters. The van der Waals surface area contributed by atoms with Gasteiger partial charge in [0.25, 0.3) is 0 Å². The van der Waals surface area contributed by atoms with Gasteiger partial charge in [-0.15, -0.1) is 0 Å². The fourth-order valence-corrected chi connectivity index (χ4v) is 3.50. The molecule has 2 N–H and O–H groups in total. The molecule has 3 rings (SSSR count). The van der Waals surface area contributed by atoms with Gasteiger partial charge in [0.15, 0.2) is 4.90 Å². The Morgan fingerprint density at radius 3 is 2.68 bits per heavy atom. The highest BCUT2D eigenvalue weighted by molar-refractivity contribution is 7.92. The second kappa shape index (κ2) is 6.54. The first kappa shape index (κ1) is 17.5. The molecule has 3 aromatic rings. The number of aliphatic carboxylic acids is 1. The highest BCUT2D eigenvalue weighted by atomic mass is 32.2. The zero-order valence-corrected chi connectivity index (χ0v) is 15.2. The summed E-state index contributed by atoms with van der Waals surface area (Å²) in [5.41, 5.74) is 3.84. The van der Waals surface area contributed by atoms with Gasteiger partial charge < -0.3 is 14.6 Å². The molecule has 2 aromatic heterocycles. The van der Waals surface area contributed by atoms with Gasteiger partial charge in [0.05, 0.1) is 11.4 Å². The Hall–Kier alpha value is -2.31. The van der Waals surface area contributed by atoms with Gasteiger partial charge in [0, 0.05) is 23.2 Å². The number of nitrogens with zero attached hydrogens (tertiary/aromatic N) is 1. The number of hydrogen-bond donors (Lipinski definition) is 2. The average molecular weight is 356 g/mol. The highest BCUT2D eigenvalue weighted by Crippen LogP contribution is 2.28. The van der Waals surface area contributed by atoms with Crippen molar-refractivity contribution < 1.29 is 14.5 Å². The maximum absolute atomic E-state index is 12.0. The molecule has 6 heteroatoms. The standard InChI is InChI=1S/C19H20N2O3S/c1-19(2,3)13-6-7-20-16(10-13)17-9-12-8-14(4-5-15(12)21-17)25(24)11-18(22)23/h4-10,21H,11H2,1-3H3,(H,22,23). The van der Waals surface area contributed by atoms with Crippen LogP contribution in [-0.2, 0) is 21.4 Å². The molecule has 0 saturated heterocycles. The fraction of sp³-hybridized carbons (Fsp3) is 0.263. The van der Waals surface area contributed by atoms with Gasteiger partial charge in [0.1, 0.15) is 0 Å². The van der Waals surface area contributed by atoms with Crippen molar-refractivity contribution in [3.63, 3.8) is 0 Å². The summed E-state index contributed by atoms with van der Waals surface area (Å²) in [5, 5.41) is 9.68. The average Bonchev–Trinajstić information content (AvgIpc) is 2.96. The van der Waals surface area contributed by atoms with Crippen molar-refractivity contribution in [2.75, 3.05) is 5.75 Å². The number of fused-ring (bicyclic) bond motifs is 1. The predicted octanol–water partition coefficient (Wildman–Crippen LogP) is 3.72. The van der Waals surface area contributed by atoms with Crippen LogP contribution < -0.4 is 0 Å². The van der Waals surface area contributed by atoms with Crippen LogP contribution >= 0.6 is 0 Å². The maximum atomic E-state index is 12.0. The summed E-state index contributed by atoms with van der Waals surface area (Å²) in [5.74, 6) is -1.46. The summed E-state index contributed by atoms with van der Waals surface area (Å²) in [4.78, 5) is 19.0. The molecule has 1 aromatic carbocycles. The van der Waals surface area contributed by atoms with E-state index >= 15 is 0 Å². The van der Waals surface area contributed by atoms with Crippen molar-refractivity contribution in [1.82, 2.24) is 9.97 Å². The van der Waals surface area contributed by atoms with Crippen molar-refractivity contribution in [2.45, 2.75) is 31.1 Å². The number of nitrogens with one attached hydrogen (secondary N) is 1. The number of aromatic amines is 1. The van der Waals surface area contributed by atoms with Crippen LogP contribution in [0.3, 0.4) is 0 Å². The number of pyridine rings is 1. The van der Waals surface area contributed by atoms with E-state index in [1.807, 2.05) is 18.2 Å². The van der Waals surface area contributed by atoms with Crippen molar-refractivity contribution in [2.24, 2.45) is 0 Å². The molecule has 0 amide bonds. The Balaban J connectivity index is 1.98. The SMILES string of the molecule is CC(C)(C)c1ccnc(-c2cc3cc([S+]([O-])CC(=O)O)ccc3[nH]2)c1. The first-order valence-corrected chi connectivity index (χ1v) is 9.26. The second-order valence-corrected chi connectivity index (χ2v) is 8.45. The molecule has 1 atom stereocenters. The minimum Gasteiger partial charge on any atom is -0.611 e. The minimum atomic E-state index is -1.55. The van der Waals surface area contributed by atoms with Crippen molar-refractivity contribution in [3.05, 3.63) is 48.2 Å². The molecule has 0 spiro atoms. The quantitative estimate of drug-likeness (QED) is 0.697. The number of carboxylic acid groups (broad SMARTS) is 1. The number of aromatic nitrogens is 2. The zero-order valence-electron chi connectivity index (χ0n) is 14.4. The van der Waals surface area contributed by atoms with Crippen molar-refractivity contribution >= 4 is 28.0 Å². The van der Waals surface area contributed by atoms with Gasteiger partial charge in [-0.1, -0.05) is 20.8 Å². The second-order valence-electron chi connectivity index (χ2n) is 7.00. The van der Waals surface area contributed by atoms with E-state index in [1.54, 1.807) is 18.3 Å². The molecule has 0 aliphatic rings. The summed E-state index contributed by atoms with van der Waals surface area (Å²) in [7, 11) is 0. The summed E-state index contributed by atoms with van der Waals surface area (Å²) < 4.78 is 12.0. The van der Waals surface area contributed by atoms with E-state index in [4.69, 9.17) is 5.11 Å². The Morgan fingerprint density at radius 2 is 2.00 bits per heavy atom. The molecule has 0 radical (unpaired) electrons. The van der Waals surface area contributed by atoms with Crippen LogP contribution in [0.25, 0.3) is 22.3 Å². The third kappa shape index (κ3) is 3.86. The van der Waals surface area contributed by atoms with Crippen LogP contribution in [-0.4, -0.2) is 31.3 Å². The number of carbonyl (C=O) groups is 1. The van der Waals surface area contributed by atoms with Crippen molar-refractivity contribution in [3.8, 4) is 11.4 Å². The molecule has 5 nitrogen and oxygen atoms in total. The lowest BCUT2D eigenvalue weighted by molar-refractivity contribution is -0.134. The molecule has 0 bridgehead atoms. The molecular weight excluding hydrogens is 336 g/mol. The Kier molecular flexibility index (Phi) is 4.58. The lowest BCUT2D eigenvalue weighted by Gasteiger charge is -2.19. The molecule has 2 heterocycles. The number of carboxylic acids is 1. The van der Waals surface area contributed by atoms with Gasteiger partial charge in [0.2, 0.25) is 5.75 Å². The van der Waals surface area contributed by atoms with Crippen LogP contribution in [0, 0.1) is 0 Å². The van der Waals surface area contributed by atoms with E-state index in [0.29, 0.717) is 4.90 Å². The summed E-state index contributed by atoms with van der Waals surface area (Å²) in [6, 6.07) is 11.3. The summed E-state index contributed by atoms with van der Waals surface area (Å²) in [6.45, 7) is 6.46. The van der Waals surface area contributed by atoms with E-state index in [1.165, 1.54) is 5.56 Å². The van der Waals surface area contributed by atoms with Gasteiger partial charge in [-0.3, -0.25) is 4.98 Å². The topological polar surface area (TPSA) is 89.0 Å². The number of hydrogen-bond acceptors (Lipinski definition) is 3. The predicted molar refractivity (Wildman–Crippen MR) is 99.1 cm³/mol. The maximum Gasteiger partial charge on any atom is 0.354 e. The van der Waals surface area contributed by atoms with E-state index < -0.39 is 22.9 Å². The van der Waals surface area contributed by atoms with Crippen LogP contribution in [0.15, 0.2) is 47.5 Å². The van der Waals surface area contributed by atoms with Gasteiger partial charge in [-0.2, -0.15) is 0 Å². The Labute approximate surface area is 149 Å². The minimum absolute atomic E-state index is 0.0323. The van der Waals surface area contributed by atoms with Gasteiger partial charge >= 0.3 is 5.97 Å². The lowest BCUT2D eigenvalue weighted by atomic mass is 9.87. The summed E-state index contributed by atoms with van der Waals surface area (Å²) >= 11 is -1.55. The molecule has 0 saturated carbocycles. The van der Waals surface area contributed by atoms with Crippen LogP contribution in [0.1, 0.15) is 26.3 Å². The first-order chi connectivity index (χ1) is 11.7. The molecule has 0 aliphatic carbocycles. The van der Waals surface area contributed by atoms with Gasteiger partial charge in [-0.25, -0.2) is 4.79 Å². The number of benzene rings is 1. The van der Waals surface area contributed by atoms with E-state index in [9.17, 15) is 9.35 Å². The van der Waals surface area contributed by atoms with E-state index in [-0.39, 0.29) is 5.41 Å². The van der Waals surface area contributed by atoms with Crippen LogP contribution in [0.2, 0.25) is 0 Å². The van der Waals surface area contributed by atoms with Crippen LogP contribution in [0.5, 0.6) is 0 Å². The van der Waals surface area contributed by atoms with E-state index in [2.05, 4.69) is 36.8 Å². The fourth-order valence-electron chi connectivity index (χ4n) is 2.63. The molecule has 25 heavy (non-hydrogen) atoms. The monoisotopic (exact) mass is 356 g/mol. The lowest BCUT2D eigenvalue weighted by Crippen LogP contribution is -2.15. The largest absolute Gasteiger partial charge is 0.611 e. The zero-order chi connectivity index (χ0) is 18.2. The van der Waals surface area contributed by atoms with E-state index in [0.717, 1.165) is 22.3 Å². The van der Waals surface area contributed by atoms with Crippen molar-refractivity contribution in [1.29, 1.82) is 0 Å². The third-order valence-electron chi connectivity index (χ3n) is 4.01.